The van der Waals surface area contributed by atoms with Crippen LogP contribution in [0.4, 0.5) is 0 Å². The van der Waals surface area contributed by atoms with Gasteiger partial charge in [0, 0.05) is 6.42 Å². The molecule has 0 aliphatic carbocycles. The van der Waals surface area contributed by atoms with Crippen LogP contribution in [0.2, 0.25) is 5.02 Å². The first kappa shape index (κ1) is 13.5. The van der Waals surface area contributed by atoms with E-state index >= 15 is 0 Å². The first-order valence-electron chi connectivity index (χ1n) is 5.02. The third kappa shape index (κ3) is 3.75. The summed E-state index contributed by atoms with van der Waals surface area (Å²) in [6, 6.07) is 5.00. The van der Waals surface area contributed by atoms with Gasteiger partial charge in [-0.1, -0.05) is 17.7 Å². The van der Waals surface area contributed by atoms with Crippen molar-refractivity contribution < 1.29 is 19.1 Å². The summed E-state index contributed by atoms with van der Waals surface area (Å²) in [5.41, 5.74) is 1.14. The molecule has 0 saturated heterocycles. The van der Waals surface area contributed by atoms with E-state index in [2.05, 4.69) is 9.47 Å². The second-order valence-corrected chi connectivity index (χ2v) is 3.79. The van der Waals surface area contributed by atoms with Crippen molar-refractivity contribution in [1.29, 1.82) is 0 Å². The first-order chi connectivity index (χ1) is 8.08. The number of rotatable bonds is 4. The molecule has 0 fully saturated rings. The van der Waals surface area contributed by atoms with Gasteiger partial charge in [0.1, 0.15) is 0 Å². The van der Waals surface area contributed by atoms with Crippen LogP contribution in [-0.4, -0.2) is 26.2 Å². The highest BCUT2D eigenvalue weighted by Gasteiger charge is 2.11. The lowest BCUT2D eigenvalue weighted by atomic mass is 10.1. The van der Waals surface area contributed by atoms with Crippen molar-refractivity contribution in [2.24, 2.45) is 0 Å². The molecule has 1 rings (SSSR count). The van der Waals surface area contributed by atoms with E-state index < -0.39 is 5.97 Å². The molecular formula is C12H13ClO4. The molecule has 0 unspecified atom stereocenters. The Morgan fingerprint density at radius 1 is 1.24 bits per heavy atom. The topological polar surface area (TPSA) is 52.6 Å². The molecule has 4 nitrogen and oxygen atoms in total. The SMILES string of the molecule is COC(=O)CCc1ccc(Cl)c(C(=O)OC)c1. The summed E-state index contributed by atoms with van der Waals surface area (Å²) in [5.74, 6) is -0.783. The Labute approximate surface area is 104 Å². The highest BCUT2D eigenvalue weighted by atomic mass is 35.5. The molecular weight excluding hydrogens is 244 g/mol. The fourth-order valence-corrected chi connectivity index (χ4v) is 1.54. The number of esters is 2. The molecule has 0 aliphatic rings. The van der Waals surface area contributed by atoms with Crippen molar-refractivity contribution in [3.63, 3.8) is 0 Å². The van der Waals surface area contributed by atoms with Crippen LogP contribution in [0.25, 0.3) is 0 Å². The highest BCUT2D eigenvalue weighted by Crippen LogP contribution is 2.19. The zero-order valence-corrected chi connectivity index (χ0v) is 10.4. The smallest absolute Gasteiger partial charge is 0.339 e. The molecule has 0 saturated carbocycles. The van der Waals surface area contributed by atoms with Crippen LogP contribution in [-0.2, 0) is 20.7 Å². The molecule has 0 N–H and O–H groups in total. The molecule has 0 spiro atoms. The Morgan fingerprint density at radius 2 is 1.94 bits per heavy atom. The molecule has 0 heterocycles. The third-order valence-electron chi connectivity index (χ3n) is 2.28. The number of carbonyl (C=O) groups excluding carboxylic acids is 2. The molecule has 0 amide bonds. The van der Waals surface area contributed by atoms with Crippen molar-refractivity contribution in [3.8, 4) is 0 Å². The van der Waals surface area contributed by atoms with Gasteiger partial charge < -0.3 is 9.47 Å². The summed E-state index contributed by atoms with van der Waals surface area (Å²) in [4.78, 5) is 22.4. The van der Waals surface area contributed by atoms with Gasteiger partial charge in [-0.15, -0.1) is 0 Å². The van der Waals surface area contributed by atoms with Crippen LogP contribution in [0.1, 0.15) is 22.3 Å². The Hall–Kier alpha value is -1.55. The van der Waals surface area contributed by atoms with E-state index in [9.17, 15) is 9.59 Å². The summed E-state index contributed by atoms with van der Waals surface area (Å²) in [7, 11) is 2.63. The van der Waals surface area contributed by atoms with E-state index in [0.29, 0.717) is 17.0 Å². The summed E-state index contributed by atoms with van der Waals surface area (Å²) in [6.45, 7) is 0. The van der Waals surface area contributed by atoms with Crippen LogP contribution >= 0.6 is 11.6 Å². The average molecular weight is 257 g/mol. The maximum atomic E-state index is 11.4. The monoisotopic (exact) mass is 256 g/mol. The van der Waals surface area contributed by atoms with Gasteiger partial charge in [0.05, 0.1) is 24.8 Å². The molecule has 0 aromatic heterocycles. The summed E-state index contributed by atoms with van der Waals surface area (Å²) in [5, 5.41) is 0.332. The van der Waals surface area contributed by atoms with Crippen LogP contribution in [0.15, 0.2) is 18.2 Å². The largest absolute Gasteiger partial charge is 0.469 e. The number of methoxy groups -OCH3 is 2. The van der Waals surface area contributed by atoms with Crippen LogP contribution in [0.5, 0.6) is 0 Å². The van der Waals surface area contributed by atoms with Crippen molar-refractivity contribution in [1.82, 2.24) is 0 Å². The Bertz CT molecular complexity index is 429. The lowest BCUT2D eigenvalue weighted by Gasteiger charge is -2.05. The van der Waals surface area contributed by atoms with Gasteiger partial charge in [0.25, 0.3) is 0 Å². The van der Waals surface area contributed by atoms with Crippen molar-refractivity contribution in [2.45, 2.75) is 12.8 Å². The predicted octanol–water partition coefficient (Wildman–Crippen LogP) is 2.23. The van der Waals surface area contributed by atoms with Gasteiger partial charge in [-0.25, -0.2) is 4.79 Å². The van der Waals surface area contributed by atoms with E-state index in [-0.39, 0.29) is 12.4 Å². The molecule has 5 heteroatoms. The third-order valence-corrected chi connectivity index (χ3v) is 2.61. The summed E-state index contributed by atoms with van der Waals surface area (Å²) in [6.07, 6.45) is 0.757. The number of ether oxygens (including phenoxy) is 2. The highest BCUT2D eigenvalue weighted by molar-refractivity contribution is 6.33. The molecule has 0 bridgehead atoms. The minimum atomic E-state index is -0.491. The number of aryl methyl sites for hydroxylation is 1. The lowest BCUT2D eigenvalue weighted by Crippen LogP contribution is -2.05. The van der Waals surface area contributed by atoms with E-state index in [1.807, 2.05) is 0 Å². The van der Waals surface area contributed by atoms with Gasteiger partial charge >= 0.3 is 11.9 Å². The van der Waals surface area contributed by atoms with E-state index in [1.54, 1.807) is 18.2 Å². The number of carbonyl (C=O) groups is 2. The predicted molar refractivity (Wildman–Crippen MR) is 63.1 cm³/mol. The molecule has 1 aromatic rings. The number of benzene rings is 1. The summed E-state index contributed by atoms with van der Waals surface area (Å²) >= 11 is 5.87. The molecule has 0 radical (unpaired) electrons. The fraction of sp³-hybridized carbons (Fsp3) is 0.333. The number of hydrogen-bond donors (Lipinski definition) is 0. The standard InChI is InChI=1S/C12H13ClO4/c1-16-11(14)6-4-8-3-5-10(13)9(7-8)12(15)17-2/h3,5,7H,4,6H2,1-2H3. The normalized spacial score (nSPS) is 9.82. The van der Waals surface area contributed by atoms with Gasteiger partial charge in [-0.05, 0) is 24.1 Å². The average Bonchev–Trinajstić information content (AvgIpc) is 2.36. The van der Waals surface area contributed by atoms with Crippen LogP contribution < -0.4 is 0 Å². The maximum Gasteiger partial charge on any atom is 0.339 e. The molecule has 17 heavy (non-hydrogen) atoms. The Morgan fingerprint density at radius 3 is 2.53 bits per heavy atom. The fourth-order valence-electron chi connectivity index (χ4n) is 1.34. The Kier molecular flexibility index (Phi) is 4.97. The van der Waals surface area contributed by atoms with Gasteiger partial charge in [0.2, 0.25) is 0 Å². The van der Waals surface area contributed by atoms with E-state index in [0.717, 1.165) is 5.56 Å². The van der Waals surface area contributed by atoms with Crippen molar-refractivity contribution in [2.75, 3.05) is 14.2 Å². The zero-order valence-electron chi connectivity index (χ0n) is 9.66. The lowest BCUT2D eigenvalue weighted by molar-refractivity contribution is -0.140. The van der Waals surface area contributed by atoms with Crippen molar-refractivity contribution in [3.05, 3.63) is 34.3 Å². The summed E-state index contributed by atoms with van der Waals surface area (Å²) < 4.78 is 9.14. The van der Waals surface area contributed by atoms with Gasteiger partial charge in [0.15, 0.2) is 0 Å². The van der Waals surface area contributed by atoms with Crippen LogP contribution in [0, 0.1) is 0 Å². The van der Waals surface area contributed by atoms with Crippen molar-refractivity contribution >= 4 is 23.5 Å². The molecule has 1 aromatic carbocycles. The van der Waals surface area contributed by atoms with E-state index in [4.69, 9.17) is 11.6 Å². The minimum Gasteiger partial charge on any atom is -0.469 e. The molecule has 92 valence electrons. The van der Waals surface area contributed by atoms with Gasteiger partial charge in [-0.3, -0.25) is 4.79 Å². The minimum absolute atomic E-state index is 0.263. The number of halogens is 1. The first-order valence-corrected chi connectivity index (χ1v) is 5.40. The number of hydrogen-bond acceptors (Lipinski definition) is 4. The zero-order chi connectivity index (χ0) is 12.8. The molecule has 0 atom stereocenters. The quantitative estimate of drug-likeness (QED) is 0.776. The second kappa shape index (κ2) is 6.25. The van der Waals surface area contributed by atoms with Crippen LogP contribution in [0.3, 0.4) is 0 Å². The second-order valence-electron chi connectivity index (χ2n) is 3.38. The Balaban J connectivity index is 2.81. The molecule has 0 aliphatic heterocycles. The maximum absolute atomic E-state index is 11.4. The van der Waals surface area contributed by atoms with Gasteiger partial charge in [-0.2, -0.15) is 0 Å². The van der Waals surface area contributed by atoms with E-state index in [1.165, 1.54) is 14.2 Å².